The van der Waals surface area contributed by atoms with Crippen LogP contribution in [-0.2, 0) is 4.74 Å². The second-order valence-electron chi connectivity index (χ2n) is 7.94. The molecule has 0 aliphatic carbocycles. The Balaban J connectivity index is 2.43. The van der Waals surface area contributed by atoms with E-state index in [1.807, 2.05) is 20.8 Å². The molecule has 0 spiro atoms. The summed E-state index contributed by atoms with van der Waals surface area (Å²) in [6.07, 6.45) is -0.531. The molecule has 0 unspecified atom stereocenters. The third-order valence-electron chi connectivity index (χ3n) is 3.49. The third kappa shape index (κ3) is 9.25. The zero-order chi connectivity index (χ0) is 21.3. The minimum absolute atomic E-state index is 0.138. The van der Waals surface area contributed by atoms with Crippen LogP contribution in [0.5, 0.6) is 0 Å². The van der Waals surface area contributed by atoms with Crippen LogP contribution in [0, 0.1) is 12.8 Å². The van der Waals surface area contributed by atoms with Crippen LogP contribution >= 0.6 is 0 Å². The molecule has 0 radical (unpaired) electrons. The average molecular weight is 393 g/mol. The standard InChI is InChI=1S/C20H32N4O4/c1-13(2)12-23-17(25)15-7-8-16(14(3)11-15)24-18(26)21-9-10-22-19(27)28-20(4,5)6/h7-8,11,13H,9-10,12H2,1-6H3,(H,22,27)(H,23,25)(H2,21,24,26). The number of rotatable bonds is 7. The summed E-state index contributed by atoms with van der Waals surface area (Å²) in [7, 11) is 0. The molecular formula is C20H32N4O4. The molecule has 0 bridgehead atoms. The molecule has 4 N–H and O–H groups in total. The minimum Gasteiger partial charge on any atom is -0.444 e. The van der Waals surface area contributed by atoms with Crippen LogP contribution in [0.2, 0.25) is 0 Å². The van der Waals surface area contributed by atoms with Gasteiger partial charge in [0, 0.05) is 30.9 Å². The molecule has 8 heteroatoms. The summed E-state index contributed by atoms with van der Waals surface area (Å²) in [5.74, 6) is 0.237. The number of anilines is 1. The van der Waals surface area contributed by atoms with Gasteiger partial charge in [0.25, 0.3) is 5.91 Å². The lowest BCUT2D eigenvalue weighted by Crippen LogP contribution is -2.39. The Morgan fingerprint density at radius 1 is 1.04 bits per heavy atom. The first-order valence-corrected chi connectivity index (χ1v) is 9.38. The molecule has 1 aromatic rings. The van der Waals surface area contributed by atoms with Crippen molar-refractivity contribution in [2.75, 3.05) is 25.0 Å². The van der Waals surface area contributed by atoms with E-state index in [9.17, 15) is 14.4 Å². The second kappa shape index (κ2) is 10.5. The molecule has 28 heavy (non-hydrogen) atoms. The number of benzene rings is 1. The monoisotopic (exact) mass is 392 g/mol. The van der Waals surface area contributed by atoms with Crippen molar-refractivity contribution < 1.29 is 19.1 Å². The van der Waals surface area contributed by atoms with E-state index in [4.69, 9.17) is 4.74 Å². The van der Waals surface area contributed by atoms with Gasteiger partial charge in [-0.1, -0.05) is 13.8 Å². The van der Waals surface area contributed by atoms with Crippen LogP contribution in [0.25, 0.3) is 0 Å². The number of carbonyl (C=O) groups excluding carboxylic acids is 3. The highest BCUT2D eigenvalue weighted by atomic mass is 16.6. The Morgan fingerprint density at radius 3 is 2.25 bits per heavy atom. The molecule has 0 atom stereocenters. The highest BCUT2D eigenvalue weighted by molar-refractivity contribution is 5.96. The predicted octanol–water partition coefficient (Wildman–Crippen LogP) is 3.03. The van der Waals surface area contributed by atoms with Gasteiger partial charge in [-0.3, -0.25) is 4.79 Å². The van der Waals surface area contributed by atoms with E-state index in [2.05, 4.69) is 21.3 Å². The Morgan fingerprint density at radius 2 is 1.68 bits per heavy atom. The van der Waals surface area contributed by atoms with Gasteiger partial charge >= 0.3 is 12.1 Å². The molecular weight excluding hydrogens is 360 g/mol. The van der Waals surface area contributed by atoms with Crippen molar-refractivity contribution >= 4 is 23.7 Å². The Bertz CT molecular complexity index is 696. The molecule has 0 aromatic heterocycles. The highest BCUT2D eigenvalue weighted by Gasteiger charge is 2.15. The second-order valence-corrected chi connectivity index (χ2v) is 7.94. The van der Waals surface area contributed by atoms with Gasteiger partial charge in [-0.25, -0.2) is 9.59 Å². The maximum absolute atomic E-state index is 12.1. The Hall–Kier alpha value is -2.77. The van der Waals surface area contributed by atoms with Crippen molar-refractivity contribution in [2.45, 2.75) is 47.1 Å². The van der Waals surface area contributed by atoms with Crippen LogP contribution in [0.4, 0.5) is 15.3 Å². The normalized spacial score (nSPS) is 11.0. The number of urea groups is 1. The fourth-order valence-corrected chi connectivity index (χ4v) is 2.17. The van der Waals surface area contributed by atoms with Gasteiger partial charge in [-0.05, 0) is 57.4 Å². The summed E-state index contributed by atoms with van der Waals surface area (Å²) < 4.78 is 5.11. The lowest BCUT2D eigenvalue weighted by Gasteiger charge is -2.19. The Kier molecular flexibility index (Phi) is 8.76. The van der Waals surface area contributed by atoms with Crippen molar-refractivity contribution in [3.63, 3.8) is 0 Å². The Labute approximate surface area is 166 Å². The topological polar surface area (TPSA) is 109 Å². The van der Waals surface area contributed by atoms with Gasteiger partial charge in [0.2, 0.25) is 0 Å². The van der Waals surface area contributed by atoms with Crippen LogP contribution in [-0.4, -0.2) is 43.3 Å². The zero-order valence-electron chi connectivity index (χ0n) is 17.6. The molecule has 0 saturated carbocycles. The first kappa shape index (κ1) is 23.3. The number of nitrogens with one attached hydrogen (secondary N) is 4. The lowest BCUT2D eigenvalue weighted by atomic mass is 10.1. The minimum atomic E-state index is -0.565. The van der Waals surface area contributed by atoms with Gasteiger partial charge in [-0.15, -0.1) is 0 Å². The number of carbonyl (C=O) groups is 3. The van der Waals surface area contributed by atoms with Crippen molar-refractivity contribution in [3.8, 4) is 0 Å². The van der Waals surface area contributed by atoms with E-state index >= 15 is 0 Å². The number of ether oxygens (including phenoxy) is 1. The summed E-state index contributed by atoms with van der Waals surface area (Å²) in [4.78, 5) is 35.6. The molecule has 1 rings (SSSR count). The maximum atomic E-state index is 12.1. The SMILES string of the molecule is Cc1cc(C(=O)NCC(C)C)ccc1NC(=O)NCCNC(=O)OC(C)(C)C. The molecule has 4 amide bonds. The van der Waals surface area contributed by atoms with E-state index in [0.717, 1.165) is 5.56 Å². The maximum Gasteiger partial charge on any atom is 0.407 e. The molecule has 0 aliphatic heterocycles. The zero-order valence-corrected chi connectivity index (χ0v) is 17.6. The molecule has 1 aromatic carbocycles. The average Bonchev–Trinajstić information content (AvgIpc) is 2.56. The number of hydrogen-bond acceptors (Lipinski definition) is 4. The molecule has 0 aliphatic rings. The van der Waals surface area contributed by atoms with Crippen LogP contribution in [0.3, 0.4) is 0 Å². The largest absolute Gasteiger partial charge is 0.444 e. The molecule has 0 saturated heterocycles. The molecule has 0 heterocycles. The summed E-state index contributed by atoms with van der Waals surface area (Å²) in [5, 5.41) is 10.8. The van der Waals surface area contributed by atoms with Crippen LogP contribution in [0.15, 0.2) is 18.2 Å². The van der Waals surface area contributed by atoms with Crippen molar-refractivity contribution in [1.82, 2.24) is 16.0 Å². The number of alkyl carbamates (subject to hydrolysis) is 1. The van der Waals surface area contributed by atoms with E-state index in [0.29, 0.717) is 23.7 Å². The van der Waals surface area contributed by atoms with Crippen LogP contribution in [0.1, 0.15) is 50.5 Å². The van der Waals surface area contributed by atoms with Crippen molar-refractivity contribution in [3.05, 3.63) is 29.3 Å². The van der Waals surface area contributed by atoms with Gasteiger partial charge < -0.3 is 26.0 Å². The lowest BCUT2D eigenvalue weighted by molar-refractivity contribution is 0.0528. The summed E-state index contributed by atoms with van der Waals surface area (Å²) in [6.45, 7) is 12.3. The third-order valence-corrected chi connectivity index (χ3v) is 3.49. The highest BCUT2D eigenvalue weighted by Crippen LogP contribution is 2.16. The van der Waals surface area contributed by atoms with Gasteiger partial charge in [0.05, 0.1) is 0 Å². The number of aryl methyl sites for hydroxylation is 1. The van der Waals surface area contributed by atoms with E-state index in [-0.39, 0.29) is 19.0 Å². The first-order valence-electron chi connectivity index (χ1n) is 9.38. The molecule has 156 valence electrons. The molecule has 0 fully saturated rings. The van der Waals surface area contributed by atoms with Crippen molar-refractivity contribution in [2.24, 2.45) is 5.92 Å². The number of amides is 4. The summed E-state index contributed by atoms with van der Waals surface area (Å²) >= 11 is 0. The molecule has 8 nitrogen and oxygen atoms in total. The van der Waals surface area contributed by atoms with E-state index in [1.54, 1.807) is 39.0 Å². The summed E-state index contributed by atoms with van der Waals surface area (Å²) in [5.41, 5.74) is 1.37. The van der Waals surface area contributed by atoms with Gasteiger partial charge in [0.1, 0.15) is 5.60 Å². The number of hydrogen-bond donors (Lipinski definition) is 4. The van der Waals surface area contributed by atoms with Gasteiger partial charge in [-0.2, -0.15) is 0 Å². The van der Waals surface area contributed by atoms with Gasteiger partial charge in [0.15, 0.2) is 0 Å². The smallest absolute Gasteiger partial charge is 0.407 e. The fraction of sp³-hybridized carbons (Fsp3) is 0.550. The predicted molar refractivity (Wildman–Crippen MR) is 110 cm³/mol. The van der Waals surface area contributed by atoms with Crippen molar-refractivity contribution in [1.29, 1.82) is 0 Å². The van der Waals surface area contributed by atoms with E-state index in [1.165, 1.54) is 0 Å². The summed E-state index contributed by atoms with van der Waals surface area (Å²) in [6, 6.07) is 4.70. The first-order chi connectivity index (χ1) is 13.0. The fourth-order valence-electron chi connectivity index (χ4n) is 2.17. The van der Waals surface area contributed by atoms with E-state index < -0.39 is 17.7 Å². The quantitative estimate of drug-likeness (QED) is 0.535. The van der Waals surface area contributed by atoms with Crippen LogP contribution < -0.4 is 21.3 Å².